The maximum Gasteiger partial charge on any atom is 0.266 e. The second-order valence-electron chi connectivity index (χ2n) is 10.8. The first kappa shape index (κ1) is 31.3. The van der Waals surface area contributed by atoms with E-state index in [9.17, 15) is 10.3 Å². The summed E-state index contributed by atoms with van der Waals surface area (Å²) in [5.74, 6) is 0.576. The Balaban J connectivity index is 1.49. The Labute approximate surface area is 262 Å². The van der Waals surface area contributed by atoms with Crippen LogP contribution < -0.4 is 15.6 Å². The van der Waals surface area contributed by atoms with Crippen molar-refractivity contribution in [2.45, 2.75) is 37.8 Å². The molecule has 1 heterocycles. The summed E-state index contributed by atoms with van der Waals surface area (Å²) in [4.78, 5) is 22.4. The molecule has 0 aromatic heterocycles. The standard InChI is InChI=1S/C35H36N6O4/c1-25-12-14-26(15-13-25)20-21-37-40-34(43)35(24-29-10-5-6-11-31(29)39-41-36)32(27-8-3-2-4-9-27)45-33(38-35)28-16-18-30(19-17-28)44-23-7-22-42/h2-6,8-19,32,37,42H,7,20-24H2,1H3,(H,40,43)/t32-,35-/m0/s1. The number of amides is 1. The number of benzene rings is 4. The van der Waals surface area contributed by atoms with Gasteiger partial charge < -0.3 is 14.6 Å². The third-order valence-electron chi connectivity index (χ3n) is 7.60. The Hall–Kier alpha value is -5.15. The smallest absolute Gasteiger partial charge is 0.266 e. The quantitative estimate of drug-likeness (QED) is 0.0527. The molecule has 4 aromatic carbocycles. The van der Waals surface area contributed by atoms with Gasteiger partial charge in [0.2, 0.25) is 5.90 Å². The summed E-state index contributed by atoms with van der Waals surface area (Å²) in [7, 11) is 0. The van der Waals surface area contributed by atoms with Gasteiger partial charge in [0, 0.05) is 42.2 Å². The molecule has 230 valence electrons. The largest absolute Gasteiger partial charge is 0.494 e. The van der Waals surface area contributed by atoms with Gasteiger partial charge in [-0.05, 0) is 59.8 Å². The lowest BCUT2D eigenvalue weighted by atomic mass is 9.81. The van der Waals surface area contributed by atoms with Crippen LogP contribution in [-0.2, 0) is 22.4 Å². The van der Waals surface area contributed by atoms with Crippen molar-refractivity contribution in [1.82, 2.24) is 10.9 Å². The molecular formula is C35H36N6O4. The van der Waals surface area contributed by atoms with Gasteiger partial charge >= 0.3 is 0 Å². The summed E-state index contributed by atoms with van der Waals surface area (Å²) < 4.78 is 12.2. The predicted molar refractivity (Wildman–Crippen MR) is 173 cm³/mol. The van der Waals surface area contributed by atoms with Gasteiger partial charge in [-0.2, -0.15) is 0 Å². The van der Waals surface area contributed by atoms with E-state index < -0.39 is 11.6 Å². The SMILES string of the molecule is Cc1ccc(CCNNC(=O)[C@@]2(Cc3ccccc3N=[N+]=[N-])N=C(c3ccc(OCCCO)cc3)O[C@H]2c2ccccc2)cc1. The Morgan fingerprint density at radius 1 is 1.02 bits per heavy atom. The van der Waals surface area contributed by atoms with E-state index in [1.165, 1.54) is 5.56 Å². The molecule has 1 aliphatic heterocycles. The minimum atomic E-state index is -1.45. The zero-order chi connectivity index (χ0) is 31.5. The summed E-state index contributed by atoms with van der Waals surface area (Å²) in [6, 6.07) is 32.2. The van der Waals surface area contributed by atoms with Gasteiger partial charge in [-0.15, -0.1) is 0 Å². The van der Waals surface area contributed by atoms with Gasteiger partial charge in [-0.1, -0.05) is 89.5 Å². The lowest BCUT2D eigenvalue weighted by molar-refractivity contribution is -0.130. The second-order valence-corrected chi connectivity index (χ2v) is 10.8. The molecule has 10 nitrogen and oxygen atoms in total. The normalized spacial score (nSPS) is 17.1. The van der Waals surface area contributed by atoms with Crippen molar-refractivity contribution < 1.29 is 19.4 Å². The minimum absolute atomic E-state index is 0.0529. The van der Waals surface area contributed by atoms with E-state index in [1.54, 1.807) is 24.3 Å². The predicted octanol–water partition coefficient (Wildman–Crippen LogP) is 6.06. The van der Waals surface area contributed by atoms with Crippen molar-refractivity contribution in [3.8, 4) is 5.75 Å². The van der Waals surface area contributed by atoms with Crippen molar-refractivity contribution in [3.63, 3.8) is 0 Å². The Bertz CT molecular complexity index is 1650. The number of ether oxygens (including phenoxy) is 2. The van der Waals surface area contributed by atoms with Crippen molar-refractivity contribution in [2.24, 2.45) is 10.1 Å². The van der Waals surface area contributed by atoms with Crippen molar-refractivity contribution in [1.29, 1.82) is 0 Å². The van der Waals surface area contributed by atoms with Crippen LogP contribution >= 0.6 is 0 Å². The molecule has 0 aliphatic carbocycles. The molecule has 5 rings (SSSR count). The number of hydrogen-bond donors (Lipinski definition) is 3. The van der Waals surface area contributed by atoms with E-state index >= 15 is 0 Å². The molecule has 0 fully saturated rings. The molecular weight excluding hydrogens is 568 g/mol. The number of carbonyl (C=O) groups excluding carboxylic acids is 1. The highest BCUT2D eigenvalue weighted by atomic mass is 16.5. The fraction of sp³-hybridized carbons (Fsp3) is 0.257. The second kappa shape index (κ2) is 15.0. The molecule has 3 N–H and O–H groups in total. The number of aliphatic hydroxyl groups is 1. The number of aliphatic imine (C=N–C) groups is 1. The Morgan fingerprint density at radius 2 is 1.76 bits per heavy atom. The summed E-state index contributed by atoms with van der Waals surface area (Å²) in [6.07, 6.45) is 0.573. The van der Waals surface area contributed by atoms with E-state index in [1.807, 2.05) is 61.5 Å². The molecule has 10 heteroatoms. The number of nitrogens with zero attached hydrogens (tertiary/aromatic N) is 4. The number of rotatable bonds is 14. The van der Waals surface area contributed by atoms with Gasteiger partial charge in [-0.25, -0.2) is 10.4 Å². The van der Waals surface area contributed by atoms with Crippen molar-refractivity contribution >= 4 is 17.5 Å². The van der Waals surface area contributed by atoms with Gasteiger partial charge in [0.15, 0.2) is 11.6 Å². The maximum absolute atomic E-state index is 14.4. The molecule has 0 bridgehead atoms. The molecule has 0 spiro atoms. The summed E-state index contributed by atoms with van der Waals surface area (Å²) in [6.45, 7) is 3.00. The van der Waals surface area contributed by atoms with Crippen LogP contribution in [0.25, 0.3) is 10.4 Å². The molecule has 0 saturated carbocycles. The average molecular weight is 605 g/mol. The van der Waals surface area contributed by atoms with Crippen LogP contribution in [0.3, 0.4) is 0 Å². The highest BCUT2D eigenvalue weighted by Crippen LogP contribution is 2.43. The van der Waals surface area contributed by atoms with Gasteiger partial charge in [0.05, 0.1) is 6.61 Å². The number of aryl methyl sites for hydroxylation is 1. The van der Waals surface area contributed by atoms with Crippen LogP contribution in [0.4, 0.5) is 5.69 Å². The lowest BCUT2D eigenvalue weighted by Crippen LogP contribution is -2.54. The van der Waals surface area contributed by atoms with E-state index in [0.717, 1.165) is 11.1 Å². The molecule has 45 heavy (non-hydrogen) atoms. The lowest BCUT2D eigenvalue weighted by Gasteiger charge is -2.31. The average Bonchev–Trinajstić information content (AvgIpc) is 3.46. The van der Waals surface area contributed by atoms with Crippen LogP contribution in [0.15, 0.2) is 113 Å². The number of aliphatic hydroxyl groups excluding tert-OH is 1. The van der Waals surface area contributed by atoms with Crippen molar-refractivity contribution in [3.05, 3.63) is 141 Å². The fourth-order valence-corrected chi connectivity index (χ4v) is 5.22. The Kier molecular flexibility index (Phi) is 10.4. The third kappa shape index (κ3) is 7.69. The molecule has 2 atom stereocenters. The van der Waals surface area contributed by atoms with E-state index in [-0.39, 0.29) is 18.9 Å². The molecule has 4 aromatic rings. The zero-order valence-corrected chi connectivity index (χ0v) is 25.1. The monoisotopic (exact) mass is 604 g/mol. The molecule has 1 aliphatic rings. The van der Waals surface area contributed by atoms with Gasteiger partial charge in [0.25, 0.3) is 5.91 Å². The molecule has 0 radical (unpaired) electrons. The summed E-state index contributed by atoms with van der Waals surface area (Å²) >= 11 is 0. The van der Waals surface area contributed by atoms with Crippen LogP contribution in [0.5, 0.6) is 5.75 Å². The van der Waals surface area contributed by atoms with Gasteiger partial charge in [-0.3, -0.25) is 10.2 Å². The van der Waals surface area contributed by atoms with Crippen LogP contribution in [0, 0.1) is 6.92 Å². The van der Waals surface area contributed by atoms with E-state index in [2.05, 4.69) is 45.1 Å². The van der Waals surface area contributed by atoms with E-state index in [4.69, 9.17) is 19.6 Å². The first-order valence-corrected chi connectivity index (χ1v) is 14.9. The first-order chi connectivity index (χ1) is 22.0. The van der Waals surface area contributed by atoms with Gasteiger partial charge in [0.1, 0.15) is 5.75 Å². The highest BCUT2D eigenvalue weighted by Gasteiger charge is 2.53. The fourth-order valence-electron chi connectivity index (χ4n) is 5.22. The number of hydrogen-bond acceptors (Lipinski definition) is 7. The highest BCUT2D eigenvalue weighted by molar-refractivity contribution is 6.01. The number of carbonyl (C=O) groups is 1. The maximum atomic E-state index is 14.4. The van der Waals surface area contributed by atoms with Crippen molar-refractivity contribution in [2.75, 3.05) is 19.8 Å². The zero-order valence-electron chi connectivity index (χ0n) is 25.1. The third-order valence-corrected chi connectivity index (χ3v) is 7.60. The summed E-state index contributed by atoms with van der Waals surface area (Å²) in [5.41, 5.74) is 18.6. The molecule has 1 amide bonds. The first-order valence-electron chi connectivity index (χ1n) is 14.9. The summed E-state index contributed by atoms with van der Waals surface area (Å²) in [5, 5.41) is 12.9. The van der Waals surface area contributed by atoms with Crippen LogP contribution in [-0.4, -0.2) is 42.2 Å². The van der Waals surface area contributed by atoms with Crippen LogP contribution in [0.1, 0.15) is 40.3 Å². The molecule has 0 unspecified atom stereocenters. The molecule has 0 saturated heterocycles. The Morgan fingerprint density at radius 3 is 2.49 bits per heavy atom. The van der Waals surface area contributed by atoms with Crippen LogP contribution in [0.2, 0.25) is 0 Å². The topological polar surface area (TPSA) is 141 Å². The number of nitrogens with one attached hydrogen (secondary N) is 2. The minimum Gasteiger partial charge on any atom is -0.494 e. The van der Waals surface area contributed by atoms with E-state index in [0.29, 0.717) is 54.5 Å². The number of azide groups is 1. The number of hydrazine groups is 1.